The number of anilines is 1. The third-order valence-corrected chi connectivity index (χ3v) is 5.30. The Balaban J connectivity index is 1.88. The van der Waals surface area contributed by atoms with E-state index in [1.807, 2.05) is 4.90 Å². The van der Waals surface area contributed by atoms with Gasteiger partial charge < -0.3 is 26.1 Å². The van der Waals surface area contributed by atoms with Crippen LogP contribution in [0.15, 0.2) is 29.0 Å². The summed E-state index contributed by atoms with van der Waals surface area (Å²) in [5, 5.41) is 20.8. The first-order chi connectivity index (χ1) is 14.1. The first-order valence-corrected chi connectivity index (χ1v) is 9.80. The Labute approximate surface area is 174 Å². The van der Waals surface area contributed by atoms with Crippen LogP contribution in [0.25, 0.3) is 0 Å². The Kier molecular flexibility index (Phi) is 5.70. The molecule has 1 saturated heterocycles. The number of aliphatic imine (C=N–C) groups is 1. The van der Waals surface area contributed by atoms with E-state index in [-0.39, 0.29) is 36.1 Å². The summed E-state index contributed by atoms with van der Waals surface area (Å²) in [4.78, 5) is 6.33. The molecule has 0 saturated carbocycles. The molecule has 1 aromatic carbocycles. The second kappa shape index (κ2) is 7.94. The molecule has 0 aromatic heterocycles. The Morgan fingerprint density at radius 3 is 2.67 bits per heavy atom. The van der Waals surface area contributed by atoms with E-state index in [2.05, 4.69) is 10.3 Å². The SMILES string of the molecule is CC(C)Oc1cc(C(=N)C2(C)C=C(N3CCC(F)(C#N)CC3)NC=N2)c(N)cc1F. The van der Waals surface area contributed by atoms with Crippen molar-refractivity contribution in [1.82, 2.24) is 10.2 Å². The van der Waals surface area contributed by atoms with Gasteiger partial charge in [-0.3, -0.25) is 4.99 Å². The van der Waals surface area contributed by atoms with Gasteiger partial charge in [-0.1, -0.05) is 0 Å². The summed E-state index contributed by atoms with van der Waals surface area (Å²) < 4.78 is 33.9. The maximum atomic E-state index is 14.2. The number of ether oxygens (including phenoxy) is 1. The van der Waals surface area contributed by atoms with Crippen molar-refractivity contribution in [1.29, 1.82) is 10.7 Å². The predicted octanol–water partition coefficient (Wildman–Crippen LogP) is 3.12. The van der Waals surface area contributed by atoms with Gasteiger partial charge in [-0.15, -0.1) is 0 Å². The number of benzene rings is 1. The van der Waals surface area contributed by atoms with Crippen LogP contribution in [-0.2, 0) is 0 Å². The molecule has 2 heterocycles. The Morgan fingerprint density at radius 1 is 1.40 bits per heavy atom. The summed E-state index contributed by atoms with van der Waals surface area (Å²) in [6, 6.07) is 4.31. The molecule has 0 amide bonds. The molecule has 1 aromatic rings. The van der Waals surface area contributed by atoms with E-state index in [1.165, 1.54) is 12.4 Å². The minimum atomic E-state index is -1.80. The minimum Gasteiger partial charge on any atom is -0.488 e. The third kappa shape index (κ3) is 4.22. The van der Waals surface area contributed by atoms with Gasteiger partial charge in [0.25, 0.3) is 0 Å². The van der Waals surface area contributed by atoms with E-state index in [4.69, 9.17) is 21.1 Å². The second-order valence-electron chi connectivity index (χ2n) is 8.06. The first-order valence-electron chi connectivity index (χ1n) is 9.80. The highest BCUT2D eigenvalue weighted by atomic mass is 19.1. The summed E-state index contributed by atoms with van der Waals surface area (Å²) in [6.07, 6.45) is 3.22. The lowest BCUT2D eigenvalue weighted by atomic mass is 9.88. The average molecular weight is 416 g/mol. The van der Waals surface area contributed by atoms with Crippen molar-refractivity contribution < 1.29 is 13.5 Å². The smallest absolute Gasteiger partial charge is 0.199 e. The second-order valence-corrected chi connectivity index (χ2v) is 8.06. The molecule has 0 spiro atoms. The zero-order valence-electron chi connectivity index (χ0n) is 17.3. The van der Waals surface area contributed by atoms with Crippen molar-refractivity contribution >= 4 is 17.7 Å². The largest absolute Gasteiger partial charge is 0.488 e. The molecule has 2 aliphatic heterocycles. The molecular weight excluding hydrogens is 390 g/mol. The van der Waals surface area contributed by atoms with Crippen molar-refractivity contribution in [3.8, 4) is 11.8 Å². The van der Waals surface area contributed by atoms with Gasteiger partial charge in [0.2, 0.25) is 0 Å². The molecule has 1 unspecified atom stereocenters. The van der Waals surface area contributed by atoms with Crippen LogP contribution in [0.1, 0.15) is 39.2 Å². The molecule has 1 atom stereocenters. The van der Waals surface area contributed by atoms with Gasteiger partial charge in [-0.2, -0.15) is 5.26 Å². The summed E-state index contributed by atoms with van der Waals surface area (Å²) in [5.74, 6) is 0.113. The topological polar surface area (TPSA) is 111 Å². The summed E-state index contributed by atoms with van der Waals surface area (Å²) in [6.45, 7) is 6.05. The average Bonchev–Trinajstić information content (AvgIpc) is 2.70. The molecule has 3 rings (SSSR count). The van der Waals surface area contributed by atoms with Gasteiger partial charge in [0.05, 0.1) is 18.2 Å². The van der Waals surface area contributed by atoms with E-state index >= 15 is 0 Å². The van der Waals surface area contributed by atoms with Crippen molar-refractivity contribution in [3.05, 3.63) is 35.4 Å². The lowest BCUT2D eigenvalue weighted by Crippen LogP contribution is -2.46. The van der Waals surface area contributed by atoms with Crippen LogP contribution in [0, 0.1) is 22.6 Å². The molecule has 0 bridgehead atoms. The molecule has 7 nitrogen and oxygen atoms in total. The summed E-state index contributed by atoms with van der Waals surface area (Å²) in [7, 11) is 0. The zero-order chi connectivity index (χ0) is 22.1. The fraction of sp³-hybridized carbons (Fsp3) is 0.476. The highest BCUT2D eigenvalue weighted by molar-refractivity contribution is 6.10. The monoisotopic (exact) mass is 416 g/mol. The van der Waals surface area contributed by atoms with Crippen LogP contribution in [0.2, 0.25) is 0 Å². The summed E-state index contributed by atoms with van der Waals surface area (Å²) >= 11 is 0. The maximum absolute atomic E-state index is 14.2. The van der Waals surface area contributed by atoms with Crippen molar-refractivity contribution in [3.63, 3.8) is 0 Å². The molecule has 0 aliphatic carbocycles. The van der Waals surface area contributed by atoms with Gasteiger partial charge in [0.1, 0.15) is 17.4 Å². The molecule has 4 N–H and O–H groups in total. The molecule has 30 heavy (non-hydrogen) atoms. The normalized spacial score (nSPS) is 22.8. The van der Waals surface area contributed by atoms with E-state index in [9.17, 15) is 8.78 Å². The fourth-order valence-corrected chi connectivity index (χ4v) is 3.51. The van der Waals surface area contributed by atoms with Crippen molar-refractivity contribution in [2.75, 3.05) is 18.8 Å². The quantitative estimate of drug-likeness (QED) is 0.505. The molecule has 0 radical (unpaired) electrons. The molecule has 9 heteroatoms. The number of alkyl halides is 1. The van der Waals surface area contributed by atoms with Crippen LogP contribution in [-0.4, -0.2) is 47.4 Å². The predicted molar refractivity (Wildman–Crippen MR) is 112 cm³/mol. The fourth-order valence-electron chi connectivity index (χ4n) is 3.51. The minimum absolute atomic E-state index is 0.0245. The van der Waals surface area contributed by atoms with Gasteiger partial charge >= 0.3 is 0 Å². The van der Waals surface area contributed by atoms with E-state index in [0.717, 1.165) is 6.07 Å². The molecule has 160 valence electrons. The standard InChI is InChI=1S/C21H26F2N6O/c1-13(2)30-17-8-14(16(25)9-15(17)22)19(26)20(3)10-18(27-12-28-20)29-6-4-21(23,11-24)5-7-29/h8-10,12-13,26H,4-7,25H2,1-3H3,(H,27,28). The highest BCUT2D eigenvalue weighted by Crippen LogP contribution is 2.32. The van der Waals surface area contributed by atoms with Crippen LogP contribution >= 0.6 is 0 Å². The number of rotatable bonds is 5. The number of nitriles is 1. The van der Waals surface area contributed by atoms with E-state index in [0.29, 0.717) is 24.5 Å². The molecular formula is C21H26F2N6O. The number of hydrogen-bond acceptors (Lipinski definition) is 7. The highest BCUT2D eigenvalue weighted by Gasteiger charge is 2.37. The van der Waals surface area contributed by atoms with E-state index < -0.39 is 17.0 Å². The number of nitrogens with two attached hydrogens (primary N) is 1. The number of nitrogens with zero attached hydrogens (tertiary/aromatic N) is 3. The summed E-state index contributed by atoms with van der Waals surface area (Å²) in [5.41, 5.74) is 3.66. The molecule has 2 aliphatic rings. The number of hydrogen-bond donors (Lipinski definition) is 3. The van der Waals surface area contributed by atoms with Gasteiger partial charge in [-0.25, -0.2) is 8.78 Å². The number of nitrogen functional groups attached to an aromatic ring is 1. The van der Waals surface area contributed by atoms with Crippen LogP contribution < -0.4 is 15.8 Å². The Bertz CT molecular complexity index is 944. The van der Waals surface area contributed by atoms with E-state index in [1.54, 1.807) is 32.9 Å². The van der Waals surface area contributed by atoms with Crippen LogP contribution in [0.5, 0.6) is 5.75 Å². The van der Waals surface area contributed by atoms with Crippen molar-refractivity contribution in [2.45, 2.75) is 50.9 Å². The van der Waals surface area contributed by atoms with Crippen molar-refractivity contribution in [2.24, 2.45) is 4.99 Å². The molecule has 1 fully saturated rings. The number of nitrogens with one attached hydrogen (secondary N) is 2. The Hall–Kier alpha value is -3.15. The zero-order valence-corrected chi connectivity index (χ0v) is 17.3. The van der Waals surface area contributed by atoms with Gasteiger partial charge in [-0.05, 0) is 32.9 Å². The lowest BCUT2D eigenvalue weighted by molar-refractivity contribution is 0.120. The number of likely N-dealkylation sites (tertiary alicyclic amines) is 1. The number of piperidine rings is 1. The van der Waals surface area contributed by atoms with Crippen LogP contribution in [0.4, 0.5) is 14.5 Å². The third-order valence-electron chi connectivity index (χ3n) is 5.30. The Morgan fingerprint density at radius 2 is 2.07 bits per heavy atom. The maximum Gasteiger partial charge on any atom is 0.199 e. The number of halogens is 2. The lowest BCUT2D eigenvalue weighted by Gasteiger charge is -2.38. The van der Waals surface area contributed by atoms with Gasteiger partial charge in [0.15, 0.2) is 17.2 Å². The first kappa shape index (κ1) is 21.6. The van der Waals surface area contributed by atoms with Crippen LogP contribution in [0.3, 0.4) is 0 Å². The van der Waals surface area contributed by atoms with Gasteiger partial charge in [0, 0.05) is 43.2 Å².